The average molecular weight is 277 g/mol. The molecule has 0 saturated carbocycles. The van der Waals surface area contributed by atoms with Gasteiger partial charge in [-0.3, -0.25) is 0 Å². The second-order valence-electron chi connectivity index (χ2n) is 4.29. The number of carbonyl (C=O) groups is 1. The molecule has 5 nitrogen and oxygen atoms in total. The van der Waals surface area contributed by atoms with E-state index in [-0.39, 0.29) is 0 Å². The number of hydrogen-bond acceptors (Lipinski definition) is 5. The third-order valence-electron chi connectivity index (χ3n) is 2.87. The Bertz CT molecular complexity index is 728. The van der Waals surface area contributed by atoms with E-state index < -0.39 is 5.97 Å². The summed E-state index contributed by atoms with van der Waals surface area (Å²) in [7, 11) is 0. The van der Waals surface area contributed by atoms with E-state index in [0.29, 0.717) is 17.0 Å². The van der Waals surface area contributed by atoms with Gasteiger partial charge in [-0.05, 0) is 35.5 Å². The molecule has 0 amide bonds. The van der Waals surface area contributed by atoms with Crippen LogP contribution in [0, 0.1) is 0 Å². The van der Waals surface area contributed by atoms with Crippen molar-refractivity contribution in [2.45, 2.75) is 0 Å². The normalized spacial score (nSPS) is 10.1. The molecule has 21 heavy (non-hydrogen) atoms. The van der Waals surface area contributed by atoms with Gasteiger partial charge in [-0.25, -0.2) is 4.79 Å². The summed E-state index contributed by atoms with van der Waals surface area (Å²) < 4.78 is 5.27. The van der Waals surface area contributed by atoms with Crippen molar-refractivity contribution in [1.29, 1.82) is 0 Å². The number of nitrogens with zero attached hydrogens (tertiary/aromatic N) is 3. The van der Waals surface area contributed by atoms with Crippen molar-refractivity contribution in [3.63, 3.8) is 0 Å². The first-order valence-corrected chi connectivity index (χ1v) is 6.35. The molecular weight excluding hydrogens is 266 g/mol. The first-order valence-electron chi connectivity index (χ1n) is 6.35. The van der Waals surface area contributed by atoms with Gasteiger partial charge in [-0.2, -0.15) is 0 Å². The van der Waals surface area contributed by atoms with E-state index in [0.717, 1.165) is 5.56 Å². The molecule has 0 unspecified atom stereocenters. The Kier molecular flexibility index (Phi) is 3.64. The highest BCUT2D eigenvalue weighted by atomic mass is 16.5. The zero-order valence-electron chi connectivity index (χ0n) is 11.0. The Morgan fingerprint density at radius 2 is 1.67 bits per heavy atom. The lowest BCUT2D eigenvalue weighted by Gasteiger charge is -2.05. The van der Waals surface area contributed by atoms with E-state index >= 15 is 0 Å². The maximum atomic E-state index is 12.0. The number of hydrogen-bond donors (Lipinski definition) is 0. The molecule has 0 spiro atoms. The average Bonchev–Trinajstić information content (AvgIpc) is 2.57. The summed E-state index contributed by atoms with van der Waals surface area (Å²) in [5, 5.41) is 11.1. The number of benzene rings is 2. The van der Waals surface area contributed by atoms with Crippen LogP contribution in [0.4, 0.5) is 0 Å². The molecule has 102 valence electrons. The third kappa shape index (κ3) is 3.09. The number of rotatable bonds is 3. The Labute approximate surface area is 121 Å². The van der Waals surface area contributed by atoms with Gasteiger partial charge in [0.25, 0.3) is 0 Å². The molecule has 0 aliphatic heterocycles. The minimum atomic E-state index is -0.395. The van der Waals surface area contributed by atoms with Crippen LogP contribution in [0.1, 0.15) is 10.4 Å². The molecule has 0 saturated heterocycles. The van der Waals surface area contributed by atoms with Gasteiger partial charge in [-0.1, -0.05) is 30.3 Å². The van der Waals surface area contributed by atoms with Gasteiger partial charge in [0.2, 0.25) is 0 Å². The van der Waals surface area contributed by atoms with E-state index in [1.807, 2.05) is 18.2 Å². The standard InChI is InChI=1S/C16H11N3O2/c20-16(21-14-4-2-1-3-5-14)13-8-6-12(7-9-13)15-10-11-17-19-18-15/h1-11H. The zero-order valence-corrected chi connectivity index (χ0v) is 11.0. The van der Waals surface area contributed by atoms with Gasteiger partial charge in [0.05, 0.1) is 17.5 Å². The fourth-order valence-electron chi connectivity index (χ4n) is 1.83. The van der Waals surface area contributed by atoms with Gasteiger partial charge in [0.1, 0.15) is 5.75 Å². The molecule has 0 aliphatic carbocycles. The summed E-state index contributed by atoms with van der Waals surface area (Å²) in [6, 6.07) is 17.7. The maximum Gasteiger partial charge on any atom is 0.343 e. The molecule has 0 atom stereocenters. The van der Waals surface area contributed by atoms with E-state index in [1.54, 1.807) is 48.7 Å². The number of esters is 1. The molecule has 3 rings (SSSR count). The van der Waals surface area contributed by atoms with Crippen molar-refractivity contribution >= 4 is 5.97 Å². The molecule has 0 bridgehead atoms. The molecule has 3 aromatic rings. The van der Waals surface area contributed by atoms with Crippen molar-refractivity contribution in [1.82, 2.24) is 15.4 Å². The zero-order chi connectivity index (χ0) is 14.5. The molecule has 5 heteroatoms. The van der Waals surface area contributed by atoms with Gasteiger partial charge in [0.15, 0.2) is 0 Å². The van der Waals surface area contributed by atoms with Crippen LogP contribution in [0.3, 0.4) is 0 Å². The predicted molar refractivity (Wildman–Crippen MR) is 76.7 cm³/mol. The SMILES string of the molecule is O=C(Oc1ccccc1)c1ccc(-c2ccnnn2)cc1. The summed E-state index contributed by atoms with van der Waals surface area (Å²) in [4.78, 5) is 12.0. The Balaban J connectivity index is 1.77. The minimum Gasteiger partial charge on any atom is -0.423 e. The molecule has 0 fully saturated rings. The predicted octanol–water partition coefficient (Wildman–Crippen LogP) is 2.76. The van der Waals surface area contributed by atoms with Crippen LogP contribution in [-0.2, 0) is 0 Å². The second-order valence-corrected chi connectivity index (χ2v) is 4.29. The highest BCUT2D eigenvalue weighted by Gasteiger charge is 2.09. The molecule has 2 aromatic carbocycles. The van der Waals surface area contributed by atoms with Gasteiger partial charge in [-0.15, -0.1) is 10.2 Å². The van der Waals surface area contributed by atoms with Crippen molar-refractivity contribution < 1.29 is 9.53 Å². The van der Waals surface area contributed by atoms with E-state index in [1.165, 1.54) is 0 Å². The topological polar surface area (TPSA) is 65.0 Å². The van der Waals surface area contributed by atoms with Crippen LogP contribution in [0.5, 0.6) is 5.75 Å². The van der Waals surface area contributed by atoms with Crippen molar-refractivity contribution in [3.8, 4) is 17.0 Å². The molecule has 0 radical (unpaired) electrons. The lowest BCUT2D eigenvalue weighted by molar-refractivity contribution is 0.0735. The van der Waals surface area contributed by atoms with Crippen LogP contribution >= 0.6 is 0 Å². The lowest BCUT2D eigenvalue weighted by Crippen LogP contribution is -2.08. The molecular formula is C16H11N3O2. The highest BCUT2D eigenvalue weighted by Crippen LogP contribution is 2.17. The Morgan fingerprint density at radius 1 is 0.905 bits per heavy atom. The Hall–Kier alpha value is -3.08. The number of aromatic nitrogens is 3. The summed E-state index contributed by atoms with van der Waals surface area (Å²) in [6.45, 7) is 0. The largest absolute Gasteiger partial charge is 0.423 e. The van der Waals surface area contributed by atoms with Gasteiger partial charge < -0.3 is 4.74 Å². The van der Waals surface area contributed by atoms with Crippen molar-refractivity contribution in [2.24, 2.45) is 0 Å². The van der Waals surface area contributed by atoms with E-state index in [2.05, 4.69) is 15.4 Å². The van der Waals surface area contributed by atoms with E-state index in [4.69, 9.17) is 4.74 Å². The van der Waals surface area contributed by atoms with Crippen molar-refractivity contribution in [2.75, 3.05) is 0 Å². The quantitative estimate of drug-likeness (QED) is 0.544. The second kappa shape index (κ2) is 5.92. The summed E-state index contributed by atoms with van der Waals surface area (Å²) in [6.07, 6.45) is 1.57. The van der Waals surface area contributed by atoms with Crippen LogP contribution < -0.4 is 4.74 Å². The third-order valence-corrected chi connectivity index (χ3v) is 2.87. The fraction of sp³-hybridized carbons (Fsp3) is 0. The molecule has 0 N–H and O–H groups in total. The van der Waals surface area contributed by atoms with Crippen LogP contribution in [0.2, 0.25) is 0 Å². The number of ether oxygens (including phenoxy) is 1. The highest BCUT2D eigenvalue weighted by molar-refractivity contribution is 5.91. The fourth-order valence-corrected chi connectivity index (χ4v) is 1.83. The maximum absolute atomic E-state index is 12.0. The number of carbonyl (C=O) groups excluding carboxylic acids is 1. The smallest absolute Gasteiger partial charge is 0.343 e. The number of para-hydroxylation sites is 1. The minimum absolute atomic E-state index is 0.395. The molecule has 1 heterocycles. The van der Waals surface area contributed by atoms with Gasteiger partial charge in [0, 0.05) is 5.56 Å². The Morgan fingerprint density at radius 3 is 2.33 bits per heavy atom. The first-order chi connectivity index (χ1) is 10.3. The lowest BCUT2D eigenvalue weighted by atomic mass is 10.1. The van der Waals surface area contributed by atoms with Gasteiger partial charge >= 0.3 is 5.97 Å². The van der Waals surface area contributed by atoms with Crippen molar-refractivity contribution in [3.05, 3.63) is 72.4 Å². The summed E-state index contributed by atoms with van der Waals surface area (Å²) in [5.41, 5.74) is 2.04. The monoisotopic (exact) mass is 277 g/mol. The van der Waals surface area contributed by atoms with E-state index in [9.17, 15) is 4.79 Å². The summed E-state index contributed by atoms with van der Waals surface area (Å²) in [5.74, 6) is 0.125. The molecule has 0 aliphatic rings. The summed E-state index contributed by atoms with van der Waals surface area (Å²) >= 11 is 0. The molecule has 1 aromatic heterocycles. The first kappa shape index (κ1) is 12.9. The van der Waals surface area contributed by atoms with Crippen LogP contribution in [0.25, 0.3) is 11.3 Å². The van der Waals surface area contributed by atoms with Crippen LogP contribution in [0.15, 0.2) is 66.9 Å². The van der Waals surface area contributed by atoms with Crippen LogP contribution in [-0.4, -0.2) is 21.4 Å².